The number of halogens is 1. The normalized spacial score (nSPS) is 17.7. The molecule has 0 bridgehead atoms. The highest BCUT2D eigenvalue weighted by molar-refractivity contribution is 5.94. The van der Waals surface area contributed by atoms with E-state index in [-0.39, 0.29) is 36.5 Å². The molecule has 0 saturated heterocycles. The molecule has 2 heterocycles. The molecule has 1 aliphatic rings. The molecule has 0 fully saturated rings. The second-order valence-electron chi connectivity index (χ2n) is 7.79. The van der Waals surface area contributed by atoms with Gasteiger partial charge in [0.25, 0.3) is 0 Å². The fourth-order valence-corrected chi connectivity index (χ4v) is 3.85. The van der Waals surface area contributed by atoms with Gasteiger partial charge < -0.3 is 15.0 Å². The molecule has 6 nitrogen and oxygen atoms in total. The topological polar surface area (TPSA) is 71.5 Å². The Bertz CT molecular complexity index is 899. The number of anilines is 1. The molecule has 1 aliphatic heterocycles. The van der Waals surface area contributed by atoms with Crippen LogP contribution in [-0.4, -0.2) is 29.1 Å². The third kappa shape index (κ3) is 5.11. The van der Waals surface area contributed by atoms with Crippen LogP contribution in [0.15, 0.2) is 36.5 Å². The number of fused-ring (bicyclic) bond motifs is 1. The maximum absolute atomic E-state index is 12.3. The third-order valence-corrected chi connectivity index (χ3v) is 5.17. The summed E-state index contributed by atoms with van der Waals surface area (Å²) in [6.45, 7) is 9.28. The molecule has 2 atom stereocenters. The Balaban J connectivity index is 0.00000320. The van der Waals surface area contributed by atoms with Gasteiger partial charge in [-0.15, -0.1) is 12.4 Å². The van der Waals surface area contributed by atoms with Crippen molar-refractivity contribution in [3.63, 3.8) is 0 Å². The van der Waals surface area contributed by atoms with Crippen LogP contribution in [0.4, 0.5) is 10.5 Å². The Labute approximate surface area is 184 Å². The van der Waals surface area contributed by atoms with E-state index in [2.05, 4.69) is 23.3 Å². The number of pyridine rings is 1. The van der Waals surface area contributed by atoms with Crippen molar-refractivity contribution >= 4 is 30.1 Å². The highest BCUT2D eigenvalue weighted by atomic mass is 35.5. The van der Waals surface area contributed by atoms with Crippen molar-refractivity contribution in [1.29, 1.82) is 0 Å². The molecule has 0 radical (unpaired) electrons. The largest absolute Gasteiger partial charge is 0.447 e. The molecular weight excluding hydrogens is 402 g/mol. The van der Waals surface area contributed by atoms with Crippen LogP contribution in [0.3, 0.4) is 0 Å². The monoisotopic (exact) mass is 431 g/mol. The Kier molecular flexibility index (Phi) is 7.84. The minimum Gasteiger partial charge on any atom is -0.447 e. The SMILES string of the molecule is CCc1ccc(-c2ccc3c(c2)[C@@H](NC(=O)OC(C)C)C[C@@H](C)N3C(C)=O)cn1.Cl. The van der Waals surface area contributed by atoms with Crippen LogP contribution < -0.4 is 10.2 Å². The summed E-state index contributed by atoms with van der Waals surface area (Å²) in [4.78, 5) is 30.8. The number of nitrogens with one attached hydrogen (secondary N) is 1. The van der Waals surface area contributed by atoms with Crippen LogP contribution in [0.5, 0.6) is 0 Å². The van der Waals surface area contributed by atoms with E-state index in [0.29, 0.717) is 6.42 Å². The fraction of sp³-hybridized carbons (Fsp3) is 0.435. The zero-order valence-corrected chi connectivity index (χ0v) is 19.0. The molecule has 0 unspecified atom stereocenters. The van der Waals surface area contributed by atoms with E-state index in [1.54, 1.807) is 11.8 Å². The number of hydrogen-bond donors (Lipinski definition) is 1. The van der Waals surface area contributed by atoms with Crippen LogP contribution in [0.2, 0.25) is 0 Å². The number of nitrogens with zero attached hydrogens (tertiary/aromatic N) is 2. The van der Waals surface area contributed by atoms with E-state index < -0.39 is 6.09 Å². The van der Waals surface area contributed by atoms with Crippen LogP contribution >= 0.6 is 12.4 Å². The van der Waals surface area contributed by atoms with Gasteiger partial charge in [-0.05, 0) is 62.9 Å². The highest BCUT2D eigenvalue weighted by Gasteiger charge is 2.33. The van der Waals surface area contributed by atoms with Gasteiger partial charge in [0.15, 0.2) is 0 Å². The summed E-state index contributed by atoms with van der Waals surface area (Å²) in [5.41, 5.74) is 4.78. The highest BCUT2D eigenvalue weighted by Crippen LogP contribution is 2.39. The predicted molar refractivity (Wildman–Crippen MR) is 121 cm³/mol. The zero-order valence-electron chi connectivity index (χ0n) is 18.1. The maximum Gasteiger partial charge on any atom is 0.407 e. The van der Waals surface area contributed by atoms with Gasteiger partial charge in [0.05, 0.1) is 12.1 Å². The quantitative estimate of drug-likeness (QED) is 0.734. The molecule has 2 aromatic rings. The van der Waals surface area contributed by atoms with E-state index >= 15 is 0 Å². The number of carbonyl (C=O) groups excluding carboxylic acids is 2. The van der Waals surface area contributed by atoms with E-state index in [1.165, 1.54) is 0 Å². The van der Waals surface area contributed by atoms with E-state index in [9.17, 15) is 9.59 Å². The van der Waals surface area contributed by atoms with Crippen molar-refractivity contribution in [1.82, 2.24) is 10.3 Å². The summed E-state index contributed by atoms with van der Waals surface area (Å²) in [6.07, 6.45) is 2.73. The second-order valence-corrected chi connectivity index (χ2v) is 7.79. The smallest absolute Gasteiger partial charge is 0.407 e. The van der Waals surface area contributed by atoms with Gasteiger partial charge in [-0.3, -0.25) is 9.78 Å². The van der Waals surface area contributed by atoms with E-state index in [4.69, 9.17) is 4.74 Å². The van der Waals surface area contributed by atoms with Crippen molar-refractivity contribution < 1.29 is 14.3 Å². The van der Waals surface area contributed by atoms with Crippen LogP contribution in [0, 0.1) is 0 Å². The molecule has 1 aromatic heterocycles. The molecule has 30 heavy (non-hydrogen) atoms. The lowest BCUT2D eigenvalue weighted by Gasteiger charge is -2.39. The summed E-state index contributed by atoms with van der Waals surface area (Å²) < 4.78 is 5.28. The van der Waals surface area contributed by atoms with E-state index in [1.807, 2.05) is 51.2 Å². The number of hydrogen-bond acceptors (Lipinski definition) is 4. The Morgan fingerprint density at radius 3 is 2.50 bits per heavy atom. The standard InChI is InChI=1S/C23H29N3O3.ClH/c1-6-19-9-7-18(13-24-19)17-8-10-22-20(12-17)21(25-23(28)29-14(2)3)11-15(4)26(22)16(5)27;/h7-10,12-15,21H,6,11H2,1-5H3,(H,25,28);1H/t15-,21+;/m1./s1. The first kappa shape index (κ1) is 23.7. The summed E-state index contributed by atoms with van der Waals surface area (Å²) in [7, 11) is 0. The number of aryl methyl sites for hydroxylation is 1. The van der Waals surface area contributed by atoms with Gasteiger partial charge in [0.2, 0.25) is 5.91 Å². The number of alkyl carbamates (subject to hydrolysis) is 1. The molecule has 0 spiro atoms. The molecule has 3 rings (SSSR count). The van der Waals surface area contributed by atoms with Gasteiger partial charge in [-0.1, -0.05) is 19.1 Å². The molecule has 0 saturated carbocycles. The van der Waals surface area contributed by atoms with Crippen LogP contribution in [0.1, 0.15) is 58.3 Å². The van der Waals surface area contributed by atoms with Crippen molar-refractivity contribution in [3.8, 4) is 11.1 Å². The van der Waals surface area contributed by atoms with Crippen molar-refractivity contribution in [2.75, 3.05) is 4.90 Å². The van der Waals surface area contributed by atoms with Crippen LogP contribution in [0.25, 0.3) is 11.1 Å². The van der Waals surface area contributed by atoms with Gasteiger partial charge in [-0.25, -0.2) is 4.79 Å². The molecule has 7 heteroatoms. The minimum absolute atomic E-state index is 0. The molecular formula is C23H30ClN3O3. The average molecular weight is 432 g/mol. The summed E-state index contributed by atoms with van der Waals surface area (Å²) in [6, 6.07) is 9.81. The second kappa shape index (κ2) is 9.94. The lowest BCUT2D eigenvalue weighted by atomic mass is 9.89. The molecule has 162 valence electrons. The minimum atomic E-state index is -0.446. The van der Waals surface area contributed by atoms with E-state index in [0.717, 1.165) is 34.5 Å². The van der Waals surface area contributed by atoms with Gasteiger partial charge >= 0.3 is 6.09 Å². The summed E-state index contributed by atoms with van der Waals surface area (Å²) in [5.74, 6) is -0.0105. The fourth-order valence-electron chi connectivity index (χ4n) is 3.85. The Morgan fingerprint density at radius 2 is 1.93 bits per heavy atom. The first-order chi connectivity index (χ1) is 13.8. The number of carbonyl (C=O) groups is 2. The number of benzene rings is 1. The van der Waals surface area contributed by atoms with Gasteiger partial charge in [0, 0.05) is 36.1 Å². The van der Waals surface area contributed by atoms with Crippen molar-refractivity contribution in [2.24, 2.45) is 0 Å². The molecule has 1 aromatic carbocycles. The third-order valence-electron chi connectivity index (χ3n) is 5.17. The van der Waals surface area contributed by atoms with Gasteiger partial charge in [-0.2, -0.15) is 0 Å². The predicted octanol–water partition coefficient (Wildman–Crippen LogP) is 5.05. The average Bonchev–Trinajstić information content (AvgIpc) is 2.67. The Morgan fingerprint density at radius 1 is 1.23 bits per heavy atom. The number of rotatable bonds is 4. The number of aromatic nitrogens is 1. The molecule has 1 N–H and O–H groups in total. The first-order valence-corrected chi connectivity index (χ1v) is 10.2. The summed E-state index contributed by atoms with van der Waals surface area (Å²) >= 11 is 0. The Hall–Kier alpha value is -2.60. The lowest BCUT2D eigenvalue weighted by molar-refractivity contribution is -0.117. The van der Waals surface area contributed by atoms with Gasteiger partial charge in [0.1, 0.15) is 0 Å². The number of amides is 2. The molecule has 2 amide bonds. The maximum atomic E-state index is 12.3. The lowest BCUT2D eigenvalue weighted by Crippen LogP contribution is -2.45. The van der Waals surface area contributed by atoms with Crippen molar-refractivity contribution in [3.05, 3.63) is 47.8 Å². The van der Waals surface area contributed by atoms with Crippen LogP contribution in [-0.2, 0) is 16.0 Å². The summed E-state index contributed by atoms with van der Waals surface area (Å²) in [5, 5.41) is 2.98. The zero-order chi connectivity index (χ0) is 21.1. The number of ether oxygens (including phenoxy) is 1. The first-order valence-electron chi connectivity index (χ1n) is 10.2. The van der Waals surface area contributed by atoms with Crippen molar-refractivity contribution in [2.45, 2.75) is 65.6 Å². The molecule has 0 aliphatic carbocycles.